The molecular weight excluding hydrogens is 326 g/mol. The van der Waals surface area contributed by atoms with Crippen LogP contribution in [0.25, 0.3) is 33.2 Å². The number of pyridine rings is 1. The zero-order valence-electron chi connectivity index (χ0n) is 16.4. The zero-order chi connectivity index (χ0) is 18.8. The third-order valence-corrected chi connectivity index (χ3v) is 6.21. The van der Waals surface area contributed by atoms with Gasteiger partial charge in [0.2, 0.25) is 5.69 Å². The van der Waals surface area contributed by atoms with Gasteiger partial charge in [-0.1, -0.05) is 68.4 Å². The molecule has 0 aliphatic heterocycles. The van der Waals surface area contributed by atoms with Crippen molar-refractivity contribution in [3.8, 4) is 22.4 Å². The lowest BCUT2D eigenvalue weighted by Crippen LogP contribution is -2.32. The van der Waals surface area contributed by atoms with Gasteiger partial charge in [0.1, 0.15) is 7.05 Å². The molecule has 3 aromatic carbocycles. The third kappa shape index (κ3) is 2.15. The van der Waals surface area contributed by atoms with Crippen molar-refractivity contribution in [3.63, 3.8) is 0 Å². The van der Waals surface area contributed by atoms with Gasteiger partial charge in [-0.05, 0) is 46.2 Å². The number of hydrogen-bond acceptors (Lipinski definition) is 0. The summed E-state index contributed by atoms with van der Waals surface area (Å²) in [5.41, 5.74) is 9.64. The molecule has 132 valence electrons. The molecule has 1 heterocycles. The number of hydrogen-bond donors (Lipinski definition) is 0. The molecule has 0 saturated heterocycles. The Morgan fingerprint density at radius 1 is 0.778 bits per heavy atom. The molecule has 0 saturated carbocycles. The minimum Gasteiger partial charge on any atom is -0.200 e. The van der Waals surface area contributed by atoms with Gasteiger partial charge in [0.05, 0.1) is 10.9 Å². The highest BCUT2D eigenvalue weighted by molar-refractivity contribution is 5.97. The molecule has 1 heteroatoms. The Kier molecular flexibility index (Phi) is 3.33. The van der Waals surface area contributed by atoms with Crippen LogP contribution in [0, 0.1) is 6.92 Å². The second kappa shape index (κ2) is 5.53. The molecule has 0 amide bonds. The largest absolute Gasteiger partial charge is 0.220 e. The summed E-state index contributed by atoms with van der Waals surface area (Å²) >= 11 is 0. The molecule has 0 radical (unpaired) electrons. The highest BCUT2D eigenvalue weighted by atomic mass is 14.9. The average molecular weight is 350 g/mol. The first-order valence-electron chi connectivity index (χ1n) is 9.62. The van der Waals surface area contributed by atoms with Crippen molar-refractivity contribution in [2.24, 2.45) is 7.05 Å². The summed E-state index contributed by atoms with van der Waals surface area (Å²) in [6.45, 7) is 6.98. The van der Waals surface area contributed by atoms with E-state index in [1.165, 1.54) is 49.8 Å². The highest BCUT2D eigenvalue weighted by Gasteiger charge is 2.39. The third-order valence-electron chi connectivity index (χ3n) is 6.21. The van der Waals surface area contributed by atoms with Crippen LogP contribution in [-0.4, -0.2) is 0 Å². The minimum absolute atomic E-state index is 0.0166. The van der Waals surface area contributed by atoms with E-state index in [0.29, 0.717) is 0 Å². The fourth-order valence-corrected chi connectivity index (χ4v) is 4.91. The van der Waals surface area contributed by atoms with E-state index in [-0.39, 0.29) is 5.41 Å². The van der Waals surface area contributed by atoms with Gasteiger partial charge in [-0.2, -0.15) is 0 Å². The van der Waals surface area contributed by atoms with E-state index in [4.69, 9.17) is 0 Å². The summed E-state index contributed by atoms with van der Waals surface area (Å²) in [7, 11) is 2.16. The van der Waals surface area contributed by atoms with Crippen LogP contribution in [0.4, 0.5) is 0 Å². The SMILES string of the molecule is Cc1ccc2c(c1-c1c3ccccc3cc[n+]1C)C(C)(C)c1ccccc1-2. The second-order valence-corrected chi connectivity index (χ2v) is 8.21. The monoisotopic (exact) mass is 350 g/mol. The van der Waals surface area contributed by atoms with E-state index in [9.17, 15) is 0 Å². The van der Waals surface area contributed by atoms with E-state index in [1.54, 1.807) is 0 Å². The van der Waals surface area contributed by atoms with Crippen LogP contribution in [0.2, 0.25) is 0 Å². The first-order chi connectivity index (χ1) is 13.0. The Morgan fingerprint density at radius 3 is 2.37 bits per heavy atom. The number of aryl methyl sites for hydroxylation is 2. The second-order valence-electron chi connectivity index (χ2n) is 8.21. The van der Waals surface area contributed by atoms with Crippen molar-refractivity contribution in [1.82, 2.24) is 0 Å². The van der Waals surface area contributed by atoms with Crippen LogP contribution in [0.5, 0.6) is 0 Å². The maximum absolute atomic E-state index is 2.37. The first-order valence-corrected chi connectivity index (χ1v) is 9.62. The predicted octanol–water partition coefficient (Wildman–Crippen LogP) is 5.95. The molecule has 0 atom stereocenters. The number of aromatic nitrogens is 1. The summed E-state index contributed by atoms with van der Waals surface area (Å²) in [5, 5.41) is 2.60. The number of rotatable bonds is 1. The normalized spacial score (nSPS) is 14.2. The van der Waals surface area contributed by atoms with Crippen LogP contribution >= 0.6 is 0 Å². The lowest BCUT2D eigenvalue weighted by Gasteiger charge is -2.25. The molecule has 0 fully saturated rings. The molecule has 5 rings (SSSR count). The Bertz CT molecular complexity index is 1210. The van der Waals surface area contributed by atoms with Crippen LogP contribution in [-0.2, 0) is 12.5 Å². The lowest BCUT2D eigenvalue weighted by molar-refractivity contribution is -0.659. The summed E-state index contributed by atoms with van der Waals surface area (Å²) < 4.78 is 2.28. The lowest BCUT2D eigenvalue weighted by atomic mass is 9.78. The van der Waals surface area contributed by atoms with Crippen molar-refractivity contribution in [2.45, 2.75) is 26.2 Å². The van der Waals surface area contributed by atoms with Gasteiger partial charge in [0.15, 0.2) is 6.20 Å². The summed E-state index contributed by atoms with van der Waals surface area (Å²) in [4.78, 5) is 0. The zero-order valence-corrected chi connectivity index (χ0v) is 16.4. The molecule has 0 bridgehead atoms. The van der Waals surface area contributed by atoms with Crippen molar-refractivity contribution in [2.75, 3.05) is 0 Å². The van der Waals surface area contributed by atoms with Gasteiger partial charge in [-0.15, -0.1) is 0 Å². The Morgan fingerprint density at radius 2 is 1.52 bits per heavy atom. The highest BCUT2D eigenvalue weighted by Crippen LogP contribution is 2.52. The maximum Gasteiger partial charge on any atom is 0.220 e. The van der Waals surface area contributed by atoms with Gasteiger partial charge in [0.25, 0.3) is 0 Å². The van der Waals surface area contributed by atoms with E-state index < -0.39 is 0 Å². The standard InChI is InChI=1S/C26H24N/c1-17-13-14-21-20-11-7-8-12-22(20)26(2,3)24(21)23(17)25-19-10-6-5-9-18(19)15-16-27(25)4/h5-16H,1-4H3/q+1. The van der Waals surface area contributed by atoms with E-state index in [1.807, 2.05) is 0 Å². The first kappa shape index (κ1) is 16.3. The Balaban J connectivity index is 1.95. The summed E-state index contributed by atoms with van der Waals surface area (Å²) in [6.07, 6.45) is 2.19. The molecule has 1 aliphatic carbocycles. The predicted molar refractivity (Wildman–Crippen MR) is 113 cm³/mol. The number of nitrogens with zero attached hydrogens (tertiary/aromatic N) is 1. The van der Waals surface area contributed by atoms with Gasteiger partial charge in [0, 0.05) is 11.5 Å². The fourth-order valence-electron chi connectivity index (χ4n) is 4.91. The van der Waals surface area contributed by atoms with E-state index in [0.717, 1.165) is 0 Å². The van der Waals surface area contributed by atoms with Crippen molar-refractivity contribution >= 4 is 10.8 Å². The molecular formula is C26H24N+. The van der Waals surface area contributed by atoms with Crippen LogP contribution in [0.15, 0.2) is 72.9 Å². The smallest absolute Gasteiger partial charge is 0.200 e. The molecule has 1 aromatic heterocycles. The Hall–Kier alpha value is -2.93. The van der Waals surface area contributed by atoms with Gasteiger partial charge < -0.3 is 0 Å². The molecule has 27 heavy (non-hydrogen) atoms. The fraction of sp³-hybridized carbons (Fsp3) is 0.192. The number of fused-ring (bicyclic) bond motifs is 4. The van der Waals surface area contributed by atoms with Gasteiger partial charge in [-0.3, -0.25) is 0 Å². The quantitative estimate of drug-likeness (QED) is 0.374. The molecule has 0 N–H and O–H groups in total. The van der Waals surface area contributed by atoms with Gasteiger partial charge >= 0.3 is 0 Å². The minimum atomic E-state index is -0.0166. The summed E-state index contributed by atoms with van der Waals surface area (Å²) in [6, 6.07) is 24.4. The molecule has 4 aromatic rings. The van der Waals surface area contributed by atoms with Crippen LogP contribution in [0.1, 0.15) is 30.5 Å². The maximum atomic E-state index is 2.37. The van der Waals surface area contributed by atoms with Gasteiger partial charge in [-0.25, -0.2) is 4.57 Å². The number of benzene rings is 3. The van der Waals surface area contributed by atoms with Crippen LogP contribution in [0.3, 0.4) is 0 Å². The summed E-state index contributed by atoms with van der Waals surface area (Å²) in [5.74, 6) is 0. The topological polar surface area (TPSA) is 3.88 Å². The Labute approximate surface area is 160 Å². The molecule has 0 unspecified atom stereocenters. The van der Waals surface area contributed by atoms with Crippen LogP contribution < -0.4 is 4.57 Å². The molecule has 0 spiro atoms. The van der Waals surface area contributed by atoms with Crippen molar-refractivity contribution in [3.05, 3.63) is 89.6 Å². The van der Waals surface area contributed by atoms with Crippen molar-refractivity contribution in [1.29, 1.82) is 0 Å². The van der Waals surface area contributed by atoms with E-state index in [2.05, 4.69) is 105 Å². The molecule has 1 aliphatic rings. The van der Waals surface area contributed by atoms with Crippen molar-refractivity contribution < 1.29 is 4.57 Å². The van der Waals surface area contributed by atoms with E-state index >= 15 is 0 Å². The average Bonchev–Trinajstić information content (AvgIpc) is 2.90. The molecule has 1 nitrogen and oxygen atoms in total.